The van der Waals surface area contributed by atoms with Crippen molar-refractivity contribution in [3.05, 3.63) is 41.8 Å². The fourth-order valence-corrected chi connectivity index (χ4v) is 2.77. The number of carbonyl (C=O) groups is 1. The molecular formula is C16H21ClFN5O2. The second kappa shape index (κ2) is 8.89. The molecule has 1 saturated heterocycles. The molecule has 3 N–H and O–H groups in total. The lowest BCUT2D eigenvalue weighted by Gasteiger charge is -2.30. The average molecular weight is 370 g/mol. The van der Waals surface area contributed by atoms with Gasteiger partial charge in [0.2, 0.25) is 11.8 Å². The number of amides is 1. The van der Waals surface area contributed by atoms with E-state index in [9.17, 15) is 9.18 Å². The van der Waals surface area contributed by atoms with Gasteiger partial charge in [-0.05, 0) is 50.2 Å². The minimum absolute atomic E-state index is 0. The minimum Gasteiger partial charge on any atom is -0.338 e. The van der Waals surface area contributed by atoms with E-state index in [2.05, 4.69) is 20.4 Å². The highest BCUT2D eigenvalue weighted by molar-refractivity contribution is 5.92. The van der Waals surface area contributed by atoms with E-state index < -0.39 is 0 Å². The van der Waals surface area contributed by atoms with Gasteiger partial charge in [-0.1, -0.05) is 5.16 Å². The Bertz CT molecular complexity index is 686. The molecule has 0 atom stereocenters. The van der Waals surface area contributed by atoms with E-state index in [1.165, 1.54) is 12.1 Å². The van der Waals surface area contributed by atoms with Crippen LogP contribution in [-0.4, -0.2) is 34.0 Å². The number of benzene rings is 1. The third-order valence-corrected chi connectivity index (χ3v) is 4.12. The first-order chi connectivity index (χ1) is 11.6. The average Bonchev–Trinajstić information content (AvgIpc) is 3.05. The van der Waals surface area contributed by atoms with Gasteiger partial charge in [-0.3, -0.25) is 9.69 Å². The van der Waals surface area contributed by atoms with Gasteiger partial charge in [-0.2, -0.15) is 4.98 Å². The number of hydrogen-bond acceptors (Lipinski definition) is 6. The summed E-state index contributed by atoms with van der Waals surface area (Å²) in [5.74, 6) is 0.659. The van der Waals surface area contributed by atoms with E-state index >= 15 is 0 Å². The summed E-state index contributed by atoms with van der Waals surface area (Å²) in [5, 5.41) is 6.72. The van der Waals surface area contributed by atoms with Crippen LogP contribution in [0.25, 0.3) is 0 Å². The normalized spacial score (nSPS) is 15.6. The quantitative estimate of drug-likeness (QED) is 0.835. The number of rotatable bonds is 5. The lowest BCUT2D eigenvalue weighted by Crippen LogP contribution is -2.38. The molecule has 2 aromatic rings. The molecule has 1 aromatic carbocycles. The SMILES string of the molecule is Cl.NCc1nc(CN2CCC(C(=O)Nc3ccc(F)cc3)CC2)no1. The molecule has 25 heavy (non-hydrogen) atoms. The van der Waals surface area contributed by atoms with Crippen molar-refractivity contribution in [3.63, 3.8) is 0 Å². The van der Waals surface area contributed by atoms with Crippen molar-refractivity contribution < 1.29 is 13.7 Å². The highest BCUT2D eigenvalue weighted by atomic mass is 35.5. The topological polar surface area (TPSA) is 97.3 Å². The summed E-state index contributed by atoms with van der Waals surface area (Å²) in [6.07, 6.45) is 1.52. The summed E-state index contributed by atoms with van der Waals surface area (Å²) in [5.41, 5.74) is 6.06. The van der Waals surface area contributed by atoms with E-state index in [0.717, 1.165) is 25.9 Å². The van der Waals surface area contributed by atoms with Crippen molar-refractivity contribution in [2.75, 3.05) is 18.4 Å². The maximum absolute atomic E-state index is 12.9. The standard InChI is InChI=1S/C16H20FN5O2.ClH/c17-12-1-3-13(4-2-12)19-16(23)11-5-7-22(8-6-11)10-14-20-15(9-18)24-21-14;/h1-4,11H,5-10,18H2,(H,19,23);1H. The van der Waals surface area contributed by atoms with Crippen LogP contribution >= 0.6 is 12.4 Å². The molecule has 0 spiro atoms. The maximum atomic E-state index is 12.9. The van der Waals surface area contributed by atoms with Crippen molar-refractivity contribution >= 4 is 24.0 Å². The molecule has 7 nitrogen and oxygen atoms in total. The Balaban J connectivity index is 0.00000225. The van der Waals surface area contributed by atoms with Crippen LogP contribution in [0.15, 0.2) is 28.8 Å². The maximum Gasteiger partial charge on any atom is 0.240 e. The Morgan fingerprint density at radius 1 is 1.32 bits per heavy atom. The lowest BCUT2D eigenvalue weighted by atomic mass is 9.96. The Labute approximate surface area is 151 Å². The smallest absolute Gasteiger partial charge is 0.240 e. The van der Waals surface area contributed by atoms with E-state index in [-0.39, 0.29) is 36.6 Å². The van der Waals surface area contributed by atoms with Crippen LogP contribution in [0, 0.1) is 11.7 Å². The van der Waals surface area contributed by atoms with Crippen LogP contribution in [0.1, 0.15) is 24.6 Å². The molecule has 1 amide bonds. The molecule has 0 unspecified atom stereocenters. The van der Waals surface area contributed by atoms with E-state index in [1.54, 1.807) is 12.1 Å². The van der Waals surface area contributed by atoms with Crippen molar-refractivity contribution in [2.24, 2.45) is 11.7 Å². The van der Waals surface area contributed by atoms with Gasteiger partial charge in [0.15, 0.2) is 5.82 Å². The third-order valence-electron chi connectivity index (χ3n) is 4.12. The van der Waals surface area contributed by atoms with E-state index in [0.29, 0.717) is 23.9 Å². The lowest BCUT2D eigenvalue weighted by molar-refractivity contribution is -0.121. The van der Waals surface area contributed by atoms with Gasteiger partial charge in [-0.25, -0.2) is 4.39 Å². The predicted octanol–water partition coefficient (Wildman–Crippen LogP) is 1.94. The number of aromatic nitrogens is 2. The molecule has 9 heteroatoms. The first-order valence-corrected chi connectivity index (χ1v) is 7.94. The fourth-order valence-electron chi connectivity index (χ4n) is 2.77. The largest absolute Gasteiger partial charge is 0.338 e. The first-order valence-electron chi connectivity index (χ1n) is 7.94. The summed E-state index contributed by atoms with van der Waals surface area (Å²) >= 11 is 0. The van der Waals surface area contributed by atoms with Gasteiger partial charge in [0.05, 0.1) is 13.1 Å². The molecule has 0 radical (unpaired) electrons. The second-order valence-corrected chi connectivity index (χ2v) is 5.86. The van der Waals surface area contributed by atoms with Crippen molar-refractivity contribution in [3.8, 4) is 0 Å². The van der Waals surface area contributed by atoms with Gasteiger partial charge >= 0.3 is 0 Å². The van der Waals surface area contributed by atoms with Crippen LogP contribution < -0.4 is 11.1 Å². The van der Waals surface area contributed by atoms with Gasteiger partial charge in [0.1, 0.15) is 5.82 Å². The van der Waals surface area contributed by atoms with Crippen LogP contribution in [0.3, 0.4) is 0 Å². The first kappa shape index (κ1) is 19.3. The fraction of sp³-hybridized carbons (Fsp3) is 0.438. The highest BCUT2D eigenvalue weighted by Crippen LogP contribution is 2.20. The number of hydrogen-bond donors (Lipinski definition) is 2. The van der Waals surface area contributed by atoms with Crippen molar-refractivity contribution in [1.82, 2.24) is 15.0 Å². The zero-order valence-electron chi connectivity index (χ0n) is 13.7. The zero-order chi connectivity index (χ0) is 16.9. The Hall–Kier alpha value is -2.03. The van der Waals surface area contributed by atoms with Gasteiger partial charge in [-0.15, -0.1) is 12.4 Å². The molecule has 1 fully saturated rings. The Morgan fingerprint density at radius 2 is 2.00 bits per heavy atom. The Kier molecular flexibility index (Phi) is 6.86. The molecule has 0 saturated carbocycles. The highest BCUT2D eigenvalue weighted by Gasteiger charge is 2.25. The monoisotopic (exact) mass is 369 g/mol. The molecular weight excluding hydrogens is 349 g/mol. The number of halogens is 2. The third kappa shape index (κ3) is 5.22. The van der Waals surface area contributed by atoms with Crippen LogP contribution in [0.4, 0.5) is 10.1 Å². The van der Waals surface area contributed by atoms with Crippen LogP contribution in [0.2, 0.25) is 0 Å². The summed E-state index contributed by atoms with van der Waals surface area (Å²) in [6, 6.07) is 5.79. The molecule has 1 aliphatic heterocycles. The number of nitrogens with zero attached hydrogens (tertiary/aromatic N) is 3. The number of carbonyl (C=O) groups excluding carboxylic acids is 1. The van der Waals surface area contributed by atoms with E-state index in [4.69, 9.17) is 10.3 Å². The van der Waals surface area contributed by atoms with Gasteiger partial charge in [0.25, 0.3) is 0 Å². The second-order valence-electron chi connectivity index (χ2n) is 5.86. The van der Waals surface area contributed by atoms with Crippen LogP contribution in [-0.2, 0) is 17.9 Å². The zero-order valence-corrected chi connectivity index (χ0v) is 14.5. The summed E-state index contributed by atoms with van der Waals surface area (Å²) in [6.45, 7) is 2.40. The number of nitrogens with one attached hydrogen (secondary N) is 1. The molecule has 3 rings (SSSR count). The summed E-state index contributed by atoms with van der Waals surface area (Å²) in [4.78, 5) is 18.7. The molecule has 2 heterocycles. The molecule has 0 bridgehead atoms. The number of anilines is 1. The predicted molar refractivity (Wildman–Crippen MR) is 92.5 cm³/mol. The summed E-state index contributed by atoms with van der Waals surface area (Å²) < 4.78 is 17.9. The van der Waals surface area contributed by atoms with Gasteiger partial charge in [0, 0.05) is 11.6 Å². The van der Waals surface area contributed by atoms with Crippen molar-refractivity contribution in [2.45, 2.75) is 25.9 Å². The summed E-state index contributed by atoms with van der Waals surface area (Å²) in [7, 11) is 0. The van der Waals surface area contributed by atoms with Crippen LogP contribution in [0.5, 0.6) is 0 Å². The number of likely N-dealkylation sites (tertiary alicyclic amines) is 1. The molecule has 0 aliphatic carbocycles. The molecule has 1 aromatic heterocycles. The van der Waals surface area contributed by atoms with E-state index in [1.807, 2.05) is 0 Å². The molecule has 136 valence electrons. The number of nitrogens with two attached hydrogens (primary N) is 1. The molecule has 1 aliphatic rings. The van der Waals surface area contributed by atoms with Crippen molar-refractivity contribution in [1.29, 1.82) is 0 Å². The van der Waals surface area contributed by atoms with Gasteiger partial charge < -0.3 is 15.6 Å². The number of piperidine rings is 1. The Morgan fingerprint density at radius 3 is 2.60 bits per heavy atom. The minimum atomic E-state index is -0.319.